The molecule has 1 aromatic heterocycles. The number of benzene rings is 1. The van der Waals surface area contributed by atoms with Gasteiger partial charge >= 0.3 is 0 Å². The zero-order valence-corrected chi connectivity index (χ0v) is 9.99. The number of nitrogens with two attached hydrogens (primary N) is 1. The predicted octanol–water partition coefficient (Wildman–Crippen LogP) is 1.03. The molecule has 2 aromatic rings. The van der Waals surface area contributed by atoms with Gasteiger partial charge in [0.05, 0.1) is 22.7 Å². The monoisotopic (exact) mass is 246 g/mol. The summed E-state index contributed by atoms with van der Waals surface area (Å²) in [6.45, 7) is 1.90. The van der Waals surface area contributed by atoms with Crippen molar-refractivity contribution in [2.45, 2.75) is 12.1 Å². The standard InChI is InChI=1S/C11H10N4OS/c1-7-2-3-9-8(6-7)10(16)15(13)11(14-9)17-5-4-12/h2-3,6H,5,13H2,1H3. The van der Waals surface area contributed by atoms with Crippen molar-refractivity contribution in [1.82, 2.24) is 9.66 Å². The topological polar surface area (TPSA) is 84.7 Å². The van der Waals surface area contributed by atoms with Crippen LogP contribution >= 0.6 is 11.8 Å². The molecule has 0 aliphatic heterocycles. The van der Waals surface area contributed by atoms with E-state index in [1.807, 2.05) is 19.1 Å². The highest BCUT2D eigenvalue weighted by Gasteiger charge is 2.09. The molecule has 6 heteroatoms. The van der Waals surface area contributed by atoms with Crippen molar-refractivity contribution in [1.29, 1.82) is 5.26 Å². The average Bonchev–Trinajstić information content (AvgIpc) is 2.33. The Morgan fingerprint density at radius 3 is 3.06 bits per heavy atom. The highest BCUT2D eigenvalue weighted by atomic mass is 32.2. The summed E-state index contributed by atoms with van der Waals surface area (Å²) >= 11 is 1.15. The molecular formula is C11H10N4OS. The molecule has 0 bridgehead atoms. The Kier molecular flexibility index (Phi) is 3.02. The van der Waals surface area contributed by atoms with E-state index in [-0.39, 0.29) is 11.3 Å². The molecule has 0 saturated heterocycles. The van der Waals surface area contributed by atoms with Gasteiger partial charge < -0.3 is 5.84 Å². The summed E-state index contributed by atoms with van der Waals surface area (Å²) in [6.07, 6.45) is 0. The van der Waals surface area contributed by atoms with Crippen molar-refractivity contribution in [3.05, 3.63) is 34.1 Å². The van der Waals surface area contributed by atoms with Crippen LogP contribution in [0.5, 0.6) is 0 Å². The van der Waals surface area contributed by atoms with Gasteiger partial charge in [-0.05, 0) is 19.1 Å². The second kappa shape index (κ2) is 4.47. The van der Waals surface area contributed by atoms with Gasteiger partial charge in [-0.1, -0.05) is 23.4 Å². The Labute approximate surface area is 102 Å². The van der Waals surface area contributed by atoms with Crippen LogP contribution in [0, 0.1) is 18.3 Å². The normalized spacial score (nSPS) is 10.4. The number of thioether (sulfide) groups is 1. The second-order valence-electron chi connectivity index (χ2n) is 3.54. The van der Waals surface area contributed by atoms with Crippen molar-refractivity contribution >= 4 is 22.7 Å². The van der Waals surface area contributed by atoms with Crippen molar-refractivity contribution in [3.8, 4) is 6.07 Å². The molecule has 0 radical (unpaired) electrons. The molecule has 1 aromatic carbocycles. The van der Waals surface area contributed by atoms with E-state index < -0.39 is 0 Å². The first kappa shape index (κ1) is 11.5. The molecule has 0 aliphatic carbocycles. The van der Waals surface area contributed by atoms with Crippen LogP contribution in [0.1, 0.15) is 5.56 Å². The molecule has 0 fully saturated rings. The molecule has 5 nitrogen and oxygen atoms in total. The minimum Gasteiger partial charge on any atom is -0.334 e. The Balaban J connectivity index is 2.67. The summed E-state index contributed by atoms with van der Waals surface area (Å²) < 4.78 is 0.990. The van der Waals surface area contributed by atoms with E-state index in [9.17, 15) is 4.79 Å². The Bertz CT molecular complexity index is 671. The van der Waals surface area contributed by atoms with E-state index in [4.69, 9.17) is 11.1 Å². The first-order chi connectivity index (χ1) is 8.13. The van der Waals surface area contributed by atoms with Crippen molar-refractivity contribution in [2.24, 2.45) is 0 Å². The van der Waals surface area contributed by atoms with Crippen LogP contribution in [0.15, 0.2) is 28.2 Å². The number of nitriles is 1. The molecule has 17 heavy (non-hydrogen) atoms. The van der Waals surface area contributed by atoms with Crippen LogP contribution < -0.4 is 11.4 Å². The first-order valence-electron chi connectivity index (χ1n) is 4.91. The number of hydrogen-bond acceptors (Lipinski definition) is 5. The molecule has 0 atom stereocenters. The lowest BCUT2D eigenvalue weighted by Crippen LogP contribution is -2.29. The molecule has 2 rings (SSSR count). The van der Waals surface area contributed by atoms with Crippen molar-refractivity contribution < 1.29 is 0 Å². The van der Waals surface area contributed by atoms with Crippen LogP contribution in [0.25, 0.3) is 10.9 Å². The summed E-state index contributed by atoms with van der Waals surface area (Å²) in [5, 5.41) is 9.36. The van der Waals surface area contributed by atoms with Crippen LogP contribution in [-0.4, -0.2) is 15.4 Å². The molecule has 0 aliphatic rings. The van der Waals surface area contributed by atoms with Gasteiger partial charge in [-0.2, -0.15) is 5.26 Å². The Morgan fingerprint density at radius 1 is 1.59 bits per heavy atom. The molecule has 0 spiro atoms. The molecule has 1 heterocycles. The lowest BCUT2D eigenvalue weighted by molar-refractivity contribution is 0.780. The lowest BCUT2D eigenvalue weighted by atomic mass is 10.2. The number of aryl methyl sites for hydroxylation is 1. The Hall–Kier alpha value is -2.00. The number of rotatable bonds is 2. The van der Waals surface area contributed by atoms with Crippen LogP contribution in [0.4, 0.5) is 0 Å². The average molecular weight is 246 g/mol. The summed E-state index contributed by atoms with van der Waals surface area (Å²) in [5.41, 5.74) is 1.29. The predicted molar refractivity (Wildman–Crippen MR) is 67.2 cm³/mol. The third-order valence-electron chi connectivity index (χ3n) is 2.29. The van der Waals surface area contributed by atoms with E-state index in [1.54, 1.807) is 12.1 Å². The molecule has 86 valence electrons. The van der Waals surface area contributed by atoms with Gasteiger partial charge in [-0.15, -0.1) is 0 Å². The summed E-state index contributed by atoms with van der Waals surface area (Å²) in [6, 6.07) is 7.39. The number of fused-ring (bicyclic) bond motifs is 1. The fraction of sp³-hybridized carbons (Fsp3) is 0.182. The van der Waals surface area contributed by atoms with E-state index >= 15 is 0 Å². The van der Waals surface area contributed by atoms with Gasteiger partial charge in [-0.3, -0.25) is 4.79 Å². The quantitative estimate of drug-likeness (QED) is 0.486. The Morgan fingerprint density at radius 2 is 2.35 bits per heavy atom. The van der Waals surface area contributed by atoms with Gasteiger partial charge in [-0.25, -0.2) is 9.66 Å². The lowest BCUT2D eigenvalue weighted by Gasteiger charge is -2.06. The SMILES string of the molecule is Cc1ccc2nc(SCC#N)n(N)c(=O)c2c1. The molecule has 2 N–H and O–H groups in total. The fourth-order valence-corrected chi connectivity index (χ4v) is 2.07. The van der Waals surface area contributed by atoms with Gasteiger partial charge in [0.1, 0.15) is 0 Å². The van der Waals surface area contributed by atoms with E-state index in [0.717, 1.165) is 22.0 Å². The highest BCUT2D eigenvalue weighted by molar-refractivity contribution is 7.99. The van der Waals surface area contributed by atoms with E-state index in [0.29, 0.717) is 16.1 Å². The third kappa shape index (κ3) is 2.10. The van der Waals surface area contributed by atoms with Gasteiger partial charge in [0.2, 0.25) is 0 Å². The smallest absolute Gasteiger partial charge is 0.280 e. The van der Waals surface area contributed by atoms with Crippen LogP contribution in [-0.2, 0) is 0 Å². The first-order valence-corrected chi connectivity index (χ1v) is 5.90. The zero-order valence-electron chi connectivity index (χ0n) is 9.17. The minimum absolute atomic E-state index is 0.209. The molecular weight excluding hydrogens is 236 g/mol. The highest BCUT2D eigenvalue weighted by Crippen LogP contribution is 2.16. The number of nitrogen functional groups attached to an aromatic ring is 1. The summed E-state index contributed by atoms with van der Waals surface area (Å²) in [5.74, 6) is 5.86. The molecule has 0 amide bonds. The minimum atomic E-state index is -0.292. The van der Waals surface area contributed by atoms with Crippen molar-refractivity contribution in [3.63, 3.8) is 0 Å². The molecule has 0 saturated carbocycles. The van der Waals surface area contributed by atoms with Gasteiger partial charge in [0, 0.05) is 0 Å². The third-order valence-corrected chi connectivity index (χ3v) is 3.11. The number of hydrogen-bond donors (Lipinski definition) is 1. The van der Waals surface area contributed by atoms with Crippen molar-refractivity contribution in [2.75, 3.05) is 11.6 Å². The zero-order chi connectivity index (χ0) is 12.4. The summed E-state index contributed by atoms with van der Waals surface area (Å²) in [4.78, 5) is 16.2. The molecule has 0 unspecified atom stereocenters. The maximum Gasteiger partial charge on any atom is 0.280 e. The largest absolute Gasteiger partial charge is 0.334 e. The van der Waals surface area contributed by atoms with Gasteiger partial charge in [0.25, 0.3) is 5.56 Å². The van der Waals surface area contributed by atoms with E-state index in [1.165, 1.54) is 0 Å². The fourth-order valence-electron chi connectivity index (χ4n) is 1.49. The maximum absolute atomic E-state index is 12.0. The van der Waals surface area contributed by atoms with E-state index in [2.05, 4.69) is 4.98 Å². The second-order valence-corrected chi connectivity index (χ2v) is 4.48. The summed E-state index contributed by atoms with van der Waals surface area (Å²) in [7, 11) is 0. The number of aromatic nitrogens is 2. The number of nitrogens with zero attached hydrogens (tertiary/aromatic N) is 3. The van der Waals surface area contributed by atoms with Crippen LogP contribution in [0.2, 0.25) is 0 Å². The maximum atomic E-state index is 12.0. The van der Waals surface area contributed by atoms with Gasteiger partial charge in [0.15, 0.2) is 5.16 Å². The van der Waals surface area contributed by atoms with Crippen LogP contribution in [0.3, 0.4) is 0 Å².